The molecule has 3 aromatic rings. The van der Waals surface area contributed by atoms with Crippen LogP contribution in [0.5, 0.6) is 0 Å². The van der Waals surface area contributed by atoms with Gasteiger partial charge in [0.25, 0.3) is 5.56 Å². The van der Waals surface area contributed by atoms with Crippen LogP contribution >= 0.6 is 0 Å². The summed E-state index contributed by atoms with van der Waals surface area (Å²) in [6.07, 6.45) is 4.96. The van der Waals surface area contributed by atoms with Gasteiger partial charge in [0.2, 0.25) is 5.91 Å². The molecule has 148 valence electrons. The van der Waals surface area contributed by atoms with Gasteiger partial charge in [0.15, 0.2) is 0 Å². The van der Waals surface area contributed by atoms with E-state index in [1.807, 2.05) is 0 Å². The van der Waals surface area contributed by atoms with Gasteiger partial charge in [-0.3, -0.25) is 14.6 Å². The zero-order chi connectivity index (χ0) is 20.2. The second kappa shape index (κ2) is 8.34. The molecule has 1 atom stereocenters. The van der Waals surface area contributed by atoms with Gasteiger partial charge in [-0.2, -0.15) is 0 Å². The number of pyridine rings is 1. The van der Waals surface area contributed by atoms with Gasteiger partial charge in [-0.15, -0.1) is 0 Å². The lowest BCUT2D eigenvalue weighted by molar-refractivity contribution is -0.131. The summed E-state index contributed by atoms with van der Waals surface area (Å²) >= 11 is 0. The highest BCUT2D eigenvalue weighted by atomic mass is 19.1. The molecule has 1 amide bonds. The normalized spacial score (nSPS) is 16.6. The molecule has 1 fully saturated rings. The van der Waals surface area contributed by atoms with Crippen LogP contribution in [0.4, 0.5) is 4.39 Å². The molecule has 1 N–H and O–H groups in total. The van der Waals surface area contributed by atoms with Gasteiger partial charge >= 0.3 is 0 Å². The quantitative estimate of drug-likeness (QED) is 0.741. The SMILES string of the molecule is O=C(Cc1ccccc1F)N1CCCC(c2nc(-c3ccncc3)cc(=O)[nH]2)C1. The number of piperidine rings is 1. The molecular formula is C22H21FN4O2. The standard InChI is InChI=1S/C22H21FN4O2/c23-18-6-2-1-4-16(18)12-21(29)27-11-3-5-17(14-27)22-25-19(13-20(28)26-22)15-7-9-24-10-8-15/h1-2,4,6-10,13,17H,3,5,11-12,14H2,(H,25,26,28). The van der Waals surface area contributed by atoms with E-state index in [1.165, 1.54) is 12.1 Å². The van der Waals surface area contributed by atoms with Gasteiger partial charge in [-0.1, -0.05) is 18.2 Å². The summed E-state index contributed by atoms with van der Waals surface area (Å²) in [6.45, 7) is 1.08. The lowest BCUT2D eigenvalue weighted by Crippen LogP contribution is -2.40. The number of hydrogen-bond acceptors (Lipinski definition) is 4. The Labute approximate surface area is 167 Å². The number of carbonyl (C=O) groups is 1. The van der Waals surface area contributed by atoms with Crippen molar-refractivity contribution >= 4 is 5.91 Å². The largest absolute Gasteiger partial charge is 0.342 e. The number of likely N-dealkylation sites (tertiary alicyclic amines) is 1. The van der Waals surface area contributed by atoms with Gasteiger partial charge in [-0.25, -0.2) is 9.37 Å². The Morgan fingerprint density at radius 3 is 2.79 bits per heavy atom. The van der Waals surface area contributed by atoms with Crippen LogP contribution in [0.25, 0.3) is 11.3 Å². The Morgan fingerprint density at radius 1 is 1.21 bits per heavy atom. The second-order valence-electron chi connectivity index (χ2n) is 7.20. The minimum absolute atomic E-state index is 0.0282. The first-order chi connectivity index (χ1) is 14.1. The molecule has 29 heavy (non-hydrogen) atoms. The Bertz CT molecular complexity index is 1070. The summed E-state index contributed by atoms with van der Waals surface area (Å²) in [6, 6.07) is 11.4. The van der Waals surface area contributed by atoms with Gasteiger partial charge in [0, 0.05) is 43.0 Å². The fourth-order valence-corrected chi connectivity index (χ4v) is 3.68. The number of aromatic nitrogens is 3. The van der Waals surface area contributed by atoms with Crippen molar-refractivity contribution in [3.8, 4) is 11.3 Å². The van der Waals surface area contributed by atoms with E-state index < -0.39 is 0 Å². The Hall–Kier alpha value is -3.35. The third kappa shape index (κ3) is 4.39. The number of nitrogens with one attached hydrogen (secondary N) is 1. The minimum Gasteiger partial charge on any atom is -0.342 e. The van der Waals surface area contributed by atoms with E-state index in [-0.39, 0.29) is 29.6 Å². The van der Waals surface area contributed by atoms with Gasteiger partial charge in [0.05, 0.1) is 12.1 Å². The van der Waals surface area contributed by atoms with Crippen LogP contribution in [0.3, 0.4) is 0 Å². The second-order valence-corrected chi connectivity index (χ2v) is 7.20. The van der Waals surface area contributed by atoms with Crippen LogP contribution in [0, 0.1) is 5.82 Å². The fraction of sp³-hybridized carbons (Fsp3) is 0.273. The number of halogens is 1. The van der Waals surface area contributed by atoms with Crippen LogP contribution in [0.1, 0.15) is 30.1 Å². The molecule has 0 spiro atoms. The highest BCUT2D eigenvalue weighted by Gasteiger charge is 2.27. The molecule has 1 aromatic carbocycles. The van der Waals surface area contributed by atoms with Crippen LogP contribution in [-0.2, 0) is 11.2 Å². The van der Waals surface area contributed by atoms with Crippen molar-refractivity contribution in [2.24, 2.45) is 0 Å². The number of benzene rings is 1. The molecule has 1 saturated heterocycles. The number of nitrogens with zero attached hydrogens (tertiary/aromatic N) is 3. The van der Waals surface area contributed by atoms with Crippen molar-refractivity contribution in [1.29, 1.82) is 0 Å². The number of aromatic amines is 1. The average Bonchev–Trinajstić information content (AvgIpc) is 2.75. The van der Waals surface area contributed by atoms with E-state index in [0.717, 1.165) is 18.4 Å². The molecule has 1 aliphatic rings. The van der Waals surface area contributed by atoms with Crippen molar-refractivity contribution in [3.63, 3.8) is 0 Å². The Balaban J connectivity index is 1.53. The predicted molar refractivity (Wildman–Crippen MR) is 107 cm³/mol. The monoisotopic (exact) mass is 392 g/mol. The summed E-state index contributed by atoms with van der Waals surface area (Å²) in [5, 5.41) is 0. The fourth-order valence-electron chi connectivity index (χ4n) is 3.68. The van der Waals surface area contributed by atoms with E-state index in [2.05, 4.69) is 15.0 Å². The topological polar surface area (TPSA) is 79.0 Å². The molecule has 0 bridgehead atoms. The molecule has 1 aliphatic heterocycles. The molecule has 0 aliphatic carbocycles. The van der Waals surface area contributed by atoms with Crippen LogP contribution < -0.4 is 5.56 Å². The summed E-state index contributed by atoms with van der Waals surface area (Å²) in [5.41, 5.74) is 1.57. The lowest BCUT2D eigenvalue weighted by atomic mass is 9.96. The summed E-state index contributed by atoms with van der Waals surface area (Å²) in [4.78, 5) is 38.1. The first-order valence-corrected chi connectivity index (χ1v) is 9.63. The van der Waals surface area contributed by atoms with Crippen molar-refractivity contribution in [1.82, 2.24) is 19.9 Å². The molecule has 7 heteroatoms. The van der Waals surface area contributed by atoms with Crippen LogP contribution in [0.15, 0.2) is 59.7 Å². The Morgan fingerprint density at radius 2 is 2.00 bits per heavy atom. The number of rotatable bonds is 4. The first-order valence-electron chi connectivity index (χ1n) is 9.63. The smallest absolute Gasteiger partial charge is 0.251 e. The average molecular weight is 392 g/mol. The van der Waals surface area contributed by atoms with E-state index in [0.29, 0.717) is 30.2 Å². The van der Waals surface area contributed by atoms with Gasteiger partial charge < -0.3 is 9.88 Å². The summed E-state index contributed by atoms with van der Waals surface area (Å²) in [7, 11) is 0. The van der Waals surface area contributed by atoms with Crippen LogP contribution in [-0.4, -0.2) is 38.8 Å². The van der Waals surface area contributed by atoms with E-state index >= 15 is 0 Å². The zero-order valence-electron chi connectivity index (χ0n) is 15.8. The molecule has 0 saturated carbocycles. The highest BCUT2D eigenvalue weighted by molar-refractivity contribution is 5.79. The summed E-state index contributed by atoms with van der Waals surface area (Å²) < 4.78 is 13.9. The lowest BCUT2D eigenvalue weighted by Gasteiger charge is -2.32. The highest BCUT2D eigenvalue weighted by Crippen LogP contribution is 2.26. The predicted octanol–water partition coefficient (Wildman–Crippen LogP) is 2.92. The zero-order valence-corrected chi connectivity index (χ0v) is 15.8. The number of amides is 1. The first kappa shape index (κ1) is 19.0. The molecule has 4 rings (SSSR count). The maximum absolute atomic E-state index is 13.9. The van der Waals surface area contributed by atoms with Crippen molar-refractivity contribution in [2.75, 3.05) is 13.1 Å². The van der Waals surface area contributed by atoms with Crippen molar-refractivity contribution in [3.05, 3.63) is 82.4 Å². The number of carbonyl (C=O) groups excluding carboxylic acids is 1. The molecule has 2 aromatic heterocycles. The molecule has 6 nitrogen and oxygen atoms in total. The van der Waals surface area contributed by atoms with E-state index in [9.17, 15) is 14.0 Å². The maximum Gasteiger partial charge on any atom is 0.251 e. The van der Waals surface area contributed by atoms with Crippen molar-refractivity contribution < 1.29 is 9.18 Å². The van der Waals surface area contributed by atoms with Crippen LogP contribution in [0.2, 0.25) is 0 Å². The van der Waals surface area contributed by atoms with Crippen molar-refractivity contribution in [2.45, 2.75) is 25.2 Å². The molecule has 1 unspecified atom stereocenters. The summed E-state index contributed by atoms with van der Waals surface area (Å²) in [5.74, 6) is 0.0217. The van der Waals surface area contributed by atoms with E-state index in [1.54, 1.807) is 47.6 Å². The Kier molecular flexibility index (Phi) is 5.46. The molecular weight excluding hydrogens is 371 g/mol. The van der Waals surface area contributed by atoms with Gasteiger partial charge in [-0.05, 0) is 36.6 Å². The van der Waals surface area contributed by atoms with E-state index in [4.69, 9.17) is 0 Å². The third-order valence-corrected chi connectivity index (χ3v) is 5.20. The minimum atomic E-state index is -0.370. The maximum atomic E-state index is 13.9. The number of H-pyrrole nitrogens is 1. The molecule has 3 heterocycles. The molecule has 0 radical (unpaired) electrons. The number of hydrogen-bond donors (Lipinski definition) is 1. The third-order valence-electron chi connectivity index (χ3n) is 5.20. The van der Waals surface area contributed by atoms with Gasteiger partial charge in [0.1, 0.15) is 11.6 Å².